The van der Waals surface area contributed by atoms with E-state index in [9.17, 15) is 4.79 Å². The number of amides is 1. The second kappa shape index (κ2) is 10.7. The molecule has 0 aliphatic heterocycles. The first kappa shape index (κ1) is 22.4. The Balaban J connectivity index is 1.69. The molecule has 7 nitrogen and oxygen atoms in total. The average molecular weight is 438 g/mol. The lowest BCUT2D eigenvalue weighted by Crippen LogP contribution is -2.14. The molecule has 3 rings (SSSR count). The van der Waals surface area contributed by atoms with E-state index < -0.39 is 0 Å². The van der Waals surface area contributed by atoms with Crippen LogP contribution >= 0.6 is 11.8 Å². The summed E-state index contributed by atoms with van der Waals surface area (Å²) in [5, 5.41) is 12.3. The van der Waals surface area contributed by atoms with Crippen LogP contribution in [0.1, 0.15) is 6.92 Å². The minimum Gasteiger partial charge on any atom is -0.494 e. The van der Waals surface area contributed by atoms with Crippen molar-refractivity contribution in [1.29, 1.82) is 0 Å². The molecule has 0 aliphatic carbocycles. The smallest absolute Gasteiger partial charge is 0.234 e. The van der Waals surface area contributed by atoms with Crippen molar-refractivity contribution in [2.75, 3.05) is 36.7 Å². The van der Waals surface area contributed by atoms with Crippen LogP contribution in [0.15, 0.2) is 66.3 Å². The third-order valence-electron chi connectivity index (χ3n) is 4.43. The van der Waals surface area contributed by atoms with Crippen LogP contribution in [-0.4, -0.2) is 47.1 Å². The van der Waals surface area contributed by atoms with Gasteiger partial charge in [-0.25, -0.2) is 0 Å². The molecule has 3 aromatic rings. The summed E-state index contributed by atoms with van der Waals surface area (Å²) in [5.74, 6) is 1.63. The monoisotopic (exact) mass is 437 g/mol. The predicted molar refractivity (Wildman–Crippen MR) is 127 cm³/mol. The van der Waals surface area contributed by atoms with Crippen LogP contribution in [0, 0.1) is 0 Å². The number of hydrogen-bond acceptors (Lipinski definition) is 6. The van der Waals surface area contributed by atoms with Gasteiger partial charge in [0.15, 0.2) is 11.0 Å². The van der Waals surface area contributed by atoms with Crippen molar-refractivity contribution in [3.8, 4) is 17.1 Å². The van der Waals surface area contributed by atoms with Crippen molar-refractivity contribution < 1.29 is 9.53 Å². The van der Waals surface area contributed by atoms with E-state index in [2.05, 4.69) is 28.2 Å². The van der Waals surface area contributed by atoms with Crippen molar-refractivity contribution in [1.82, 2.24) is 14.8 Å². The van der Waals surface area contributed by atoms with Gasteiger partial charge in [0.05, 0.1) is 12.4 Å². The standard InChI is InChI=1S/C23H27N5O2S/c1-5-14-28-22(17-8-7-9-19(15-17)27(3)4)25-26-23(28)31-16-21(29)24-18-10-12-20(13-11-18)30-6-2/h5,7-13,15H,1,6,14,16H2,2-4H3,(H,24,29). The number of rotatable bonds is 10. The molecule has 1 aromatic heterocycles. The average Bonchev–Trinajstić information content (AvgIpc) is 3.17. The molecule has 0 atom stereocenters. The molecule has 8 heteroatoms. The topological polar surface area (TPSA) is 72.3 Å². The molecule has 31 heavy (non-hydrogen) atoms. The van der Waals surface area contributed by atoms with Crippen LogP contribution in [-0.2, 0) is 11.3 Å². The third-order valence-corrected chi connectivity index (χ3v) is 5.40. The Labute approximate surface area is 187 Å². The quantitative estimate of drug-likeness (QED) is 0.376. The van der Waals surface area contributed by atoms with Gasteiger partial charge in [-0.3, -0.25) is 9.36 Å². The molecule has 1 amide bonds. The number of carbonyl (C=O) groups excluding carboxylic acids is 1. The Bertz CT molecular complexity index is 1030. The lowest BCUT2D eigenvalue weighted by molar-refractivity contribution is -0.113. The summed E-state index contributed by atoms with van der Waals surface area (Å²) < 4.78 is 7.39. The zero-order valence-electron chi connectivity index (χ0n) is 18.0. The molecular formula is C23H27N5O2S. The number of nitrogens with one attached hydrogen (secondary N) is 1. The van der Waals surface area contributed by atoms with Crippen molar-refractivity contribution in [3.63, 3.8) is 0 Å². The minimum absolute atomic E-state index is 0.113. The van der Waals surface area contributed by atoms with Gasteiger partial charge in [-0.2, -0.15) is 0 Å². The van der Waals surface area contributed by atoms with E-state index in [1.807, 2.05) is 73.0 Å². The second-order valence-electron chi connectivity index (χ2n) is 6.94. The van der Waals surface area contributed by atoms with Gasteiger partial charge in [0.25, 0.3) is 0 Å². The molecule has 0 saturated carbocycles. The first-order valence-corrected chi connectivity index (χ1v) is 11.0. The van der Waals surface area contributed by atoms with Crippen LogP contribution in [0.25, 0.3) is 11.4 Å². The maximum Gasteiger partial charge on any atom is 0.234 e. The summed E-state index contributed by atoms with van der Waals surface area (Å²) in [6.07, 6.45) is 1.80. The molecule has 0 fully saturated rings. The van der Waals surface area contributed by atoms with Gasteiger partial charge >= 0.3 is 0 Å². The van der Waals surface area contributed by atoms with Gasteiger partial charge in [-0.15, -0.1) is 16.8 Å². The van der Waals surface area contributed by atoms with Gasteiger partial charge in [0.2, 0.25) is 5.91 Å². The largest absolute Gasteiger partial charge is 0.494 e. The molecule has 0 aliphatic rings. The zero-order valence-corrected chi connectivity index (χ0v) is 18.9. The summed E-state index contributed by atoms with van der Waals surface area (Å²) in [6.45, 7) is 6.94. The number of carbonyl (C=O) groups is 1. The fraction of sp³-hybridized carbons (Fsp3) is 0.261. The maximum atomic E-state index is 12.4. The Kier molecular flexibility index (Phi) is 7.72. The molecule has 1 heterocycles. The number of nitrogens with zero attached hydrogens (tertiary/aromatic N) is 4. The SMILES string of the molecule is C=CCn1c(SCC(=O)Nc2ccc(OCC)cc2)nnc1-c1cccc(N(C)C)c1. The van der Waals surface area contributed by atoms with Gasteiger partial charge in [-0.05, 0) is 43.3 Å². The highest BCUT2D eigenvalue weighted by molar-refractivity contribution is 7.99. The molecular weight excluding hydrogens is 410 g/mol. The fourth-order valence-electron chi connectivity index (χ4n) is 2.95. The van der Waals surface area contributed by atoms with Crippen molar-refractivity contribution in [2.24, 2.45) is 0 Å². The number of aromatic nitrogens is 3. The third kappa shape index (κ3) is 5.88. The molecule has 0 spiro atoms. The van der Waals surface area contributed by atoms with Crippen LogP contribution < -0.4 is 15.0 Å². The molecule has 0 radical (unpaired) electrons. The van der Waals surface area contributed by atoms with Crippen LogP contribution in [0.5, 0.6) is 5.75 Å². The second-order valence-corrected chi connectivity index (χ2v) is 7.89. The van der Waals surface area contributed by atoms with E-state index in [1.165, 1.54) is 11.8 Å². The Morgan fingerprint density at radius 2 is 2.00 bits per heavy atom. The normalized spacial score (nSPS) is 10.5. The molecule has 0 unspecified atom stereocenters. The van der Waals surface area contributed by atoms with Crippen LogP contribution in [0.4, 0.5) is 11.4 Å². The Morgan fingerprint density at radius 3 is 2.68 bits per heavy atom. The molecule has 2 aromatic carbocycles. The van der Waals surface area contributed by atoms with Crippen molar-refractivity contribution in [2.45, 2.75) is 18.6 Å². The lowest BCUT2D eigenvalue weighted by atomic mass is 10.2. The van der Waals surface area contributed by atoms with Crippen molar-refractivity contribution >= 4 is 29.0 Å². The van der Waals surface area contributed by atoms with E-state index in [0.717, 1.165) is 28.5 Å². The Morgan fingerprint density at radius 1 is 1.23 bits per heavy atom. The van der Waals surface area contributed by atoms with E-state index in [4.69, 9.17) is 4.74 Å². The molecule has 1 N–H and O–H groups in total. The fourth-order valence-corrected chi connectivity index (χ4v) is 3.70. The van der Waals surface area contributed by atoms with E-state index in [-0.39, 0.29) is 11.7 Å². The number of anilines is 2. The minimum atomic E-state index is -0.113. The summed E-state index contributed by atoms with van der Waals surface area (Å²) >= 11 is 1.35. The highest BCUT2D eigenvalue weighted by atomic mass is 32.2. The van der Waals surface area contributed by atoms with Gasteiger partial charge in [-0.1, -0.05) is 30.0 Å². The number of benzene rings is 2. The Hall–Kier alpha value is -3.26. The number of thioether (sulfide) groups is 1. The van der Waals surface area contributed by atoms with Gasteiger partial charge < -0.3 is 15.0 Å². The summed E-state index contributed by atoms with van der Waals surface area (Å²) in [6, 6.07) is 15.4. The van der Waals surface area contributed by atoms with E-state index >= 15 is 0 Å². The lowest BCUT2D eigenvalue weighted by Gasteiger charge is -2.14. The number of ether oxygens (including phenoxy) is 1. The van der Waals surface area contributed by atoms with Crippen LogP contribution in [0.3, 0.4) is 0 Å². The maximum absolute atomic E-state index is 12.4. The molecule has 0 saturated heterocycles. The van der Waals surface area contributed by atoms with Crippen molar-refractivity contribution in [3.05, 3.63) is 61.2 Å². The van der Waals surface area contributed by atoms with Crippen LogP contribution in [0.2, 0.25) is 0 Å². The number of allylic oxidation sites excluding steroid dienone is 1. The highest BCUT2D eigenvalue weighted by Gasteiger charge is 2.15. The number of hydrogen-bond donors (Lipinski definition) is 1. The zero-order chi connectivity index (χ0) is 22.2. The summed E-state index contributed by atoms with van der Waals surface area (Å²) in [7, 11) is 4.00. The molecule has 162 valence electrons. The van der Waals surface area contributed by atoms with Gasteiger partial charge in [0.1, 0.15) is 5.75 Å². The van der Waals surface area contributed by atoms with E-state index in [1.54, 1.807) is 6.08 Å². The van der Waals surface area contributed by atoms with E-state index in [0.29, 0.717) is 18.3 Å². The highest BCUT2D eigenvalue weighted by Crippen LogP contribution is 2.27. The first-order valence-electron chi connectivity index (χ1n) is 9.99. The first-order chi connectivity index (χ1) is 15.0. The molecule has 0 bridgehead atoms. The predicted octanol–water partition coefficient (Wildman–Crippen LogP) is 4.33. The van der Waals surface area contributed by atoms with Gasteiger partial charge in [0, 0.05) is 37.6 Å². The summed E-state index contributed by atoms with van der Waals surface area (Å²) in [4.78, 5) is 14.5. The summed E-state index contributed by atoms with van der Waals surface area (Å²) in [5.41, 5.74) is 2.77.